The lowest BCUT2D eigenvalue weighted by atomic mass is 9.89. The Balaban J connectivity index is 0.000000265. The van der Waals surface area contributed by atoms with E-state index in [0.29, 0.717) is 57.7 Å². The number of halogens is 2. The minimum Gasteiger partial charge on any atom is -0.497 e. The summed E-state index contributed by atoms with van der Waals surface area (Å²) in [6, 6.07) is 8.11. The number of fused-ring (bicyclic) bond motifs is 2. The first-order chi connectivity index (χ1) is 26.1. The monoisotopic (exact) mass is 764 g/mol. The normalized spacial score (nSPS) is 14.5. The quantitative estimate of drug-likeness (QED) is 0.0564. The molecule has 1 aromatic carbocycles. The lowest BCUT2D eigenvalue weighted by Gasteiger charge is -2.34. The number of nitrogens with one attached hydrogen (secondary N) is 3. The number of aromatic nitrogens is 6. The average molecular weight is 765 g/mol. The first-order valence-electron chi connectivity index (χ1n) is 18.4. The number of methoxy groups -OCH3 is 2. The summed E-state index contributed by atoms with van der Waals surface area (Å²) in [5.74, 6) is 1.56. The molecule has 0 fully saturated rings. The van der Waals surface area contributed by atoms with Crippen LogP contribution in [0.25, 0.3) is 22.1 Å². The lowest BCUT2D eigenvalue weighted by molar-refractivity contribution is 0.116. The first kappa shape index (κ1) is 42.5. The number of rotatable bonds is 17. The van der Waals surface area contributed by atoms with Gasteiger partial charge in [0.1, 0.15) is 34.2 Å². The van der Waals surface area contributed by atoms with E-state index in [4.69, 9.17) is 15.2 Å². The van der Waals surface area contributed by atoms with Gasteiger partial charge in [0.2, 0.25) is 11.9 Å². The van der Waals surface area contributed by atoms with E-state index in [1.54, 1.807) is 34.1 Å². The third-order valence-electron chi connectivity index (χ3n) is 9.71. The molecule has 298 valence electrons. The Morgan fingerprint density at radius 1 is 0.764 bits per heavy atom. The summed E-state index contributed by atoms with van der Waals surface area (Å²) in [6.07, 6.45) is 6.38. The SMILES string of the molecule is CCCC[C@@](C)(Nc1nc(N)nc2cc(F)cnc12)C(C)O.CCCC[C@@](C)(Nc1nc(NCc2ccc(OC)cc2OC)nc2cc(F)cnc12)C(C)O. The van der Waals surface area contributed by atoms with Crippen LogP contribution in [0.4, 0.5) is 32.3 Å². The van der Waals surface area contributed by atoms with Crippen molar-refractivity contribution in [3.63, 3.8) is 0 Å². The number of unbranched alkanes of at least 4 members (excludes halogenated alkanes) is 2. The number of hydrogen-bond donors (Lipinski definition) is 6. The number of nitrogens with zero attached hydrogens (tertiary/aromatic N) is 6. The second kappa shape index (κ2) is 18.9. The molecule has 0 aliphatic heterocycles. The summed E-state index contributed by atoms with van der Waals surface area (Å²) >= 11 is 0. The summed E-state index contributed by atoms with van der Waals surface area (Å²) in [5, 5.41) is 30.4. The van der Waals surface area contributed by atoms with Gasteiger partial charge in [-0.2, -0.15) is 9.97 Å². The number of hydrogen-bond acceptors (Lipinski definition) is 14. The van der Waals surface area contributed by atoms with Crippen molar-refractivity contribution in [1.82, 2.24) is 29.9 Å². The number of nitrogens with two attached hydrogens (primary N) is 1. The van der Waals surface area contributed by atoms with Crippen molar-refractivity contribution in [2.45, 2.75) is 110 Å². The zero-order valence-corrected chi connectivity index (χ0v) is 32.9. The Labute approximate surface area is 320 Å². The van der Waals surface area contributed by atoms with Gasteiger partial charge in [-0.05, 0) is 52.7 Å². The smallest absolute Gasteiger partial charge is 0.225 e. The van der Waals surface area contributed by atoms with E-state index in [0.717, 1.165) is 56.5 Å². The number of benzene rings is 1. The third-order valence-corrected chi connectivity index (χ3v) is 9.71. The Morgan fingerprint density at radius 2 is 1.29 bits per heavy atom. The molecule has 5 aromatic rings. The Hall–Kier alpha value is -5.22. The summed E-state index contributed by atoms with van der Waals surface area (Å²) in [5.41, 5.74) is 6.92. The minimum atomic E-state index is -0.644. The highest BCUT2D eigenvalue weighted by atomic mass is 19.1. The van der Waals surface area contributed by atoms with E-state index >= 15 is 0 Å². The molecule has 0 saturated heterocycles. The molecule has 7 N–H and O–H groups in total. The summed E-state index contributed by atoms with van der Waals surface area (Å²) in [4.78, 5) is 25.5. The van der Waals surface area contributed by atoms with E-state index in [2.05, 4.69) is 59.7 Å². The van der Waals surface area contributed by atoms with Gasteiger partial charge in [0, 0.05) is 30.3 Å². The third kappa shape index (κ3) is 10.9. The van der Waals surface area contributed by atoms with Crippen molar-refractivity contribution in [3.05, 3.63) is 59.9 Å². The molecule has 55 heavy (non-hydrogen) atoms. The molecule has 14 nitrogen and oxygen atoms in total. The second-order valence-electron chi connectivity index (χ2n) is 14.0. The fraction of sp³-hybridized carbons (Fsp3) is 0.487. The van der Waals surface area contributed by atoms with E-state index in [1.807, 2.05) is 26.0 Å². The van der Waals surface area contributed by atoms with Crippen molar-refractivity contribution in [2.75, 3.05) is 35.9 Å². The summed E-state index contributed by atoms with van der Waals surface area (Å²) in [7, 11) is 3.19. The molecule has 0 aliphatic carbocycles. The van der Waals surface area contributed by atoms with Gasteiger partial charge in [-0.25, -0.2) is 28.7 Å². The number of aliphatic hydroxyl groups excluding tert-OH is 2. The molecule has 4 atom stereocenters. The van der Waals surface area contributed by atoms with Crippen LogP contribution in [0.3, 0.4) is 0 Å². The first-order valence-corrected chi connectivity index (χ1v) is 18.4. The highest BCUT2D eigenvalue weighted by Gasteiger charge is 2.32. The van der Waals surface area contributed by atoms with Gasteiger partial charge < -0.3 is 41.4 Å². The standard InChI is InChI=1S/C24H32FN5O3.C15H22FN5O/c1-6-7-10-24(3,15(2)31)30-22-21-19(11-17(25)14-26-21)28-23(29-22)27-13-16-8-9-18(32-4)12-20(16)33-5;1-4-5-6-15(3,9(2)22)21-13-12-11(19-14(17)20-13)7-10(16)8-18-12/h8-9,11-12,14-15,31H,6-7,10,13H2,1-5H3,(H2,27,28,29,30);7-9,22H,4-6H2,1-3H3,(H3,17,19,20,21)/t15?,24-;9?,15-/m11/s1. The molecule has 0 aliphatic rings. The molecule has 0 amide bonds. The zero-order chi connectivity index (χ0) is 40.3. The Kier molecular flexibility index (Phi) is 14.6. The van der Waals surface area contributed by atoms with Crippen LogP contribution in [0.2, 0.25) is 0 Å². The van der Waals surface area contributed by atoms with Crippen LogP contribution in [0, 0.1) is 11.6 Å². The van der Waals surface area contributed by atoms with Crippen LogP contribution in [-0.4, -0.2) is 77.6 Å². The van der Waals surface area contributed by atoms with Crippen molar-refractivity contribution >= 4 is 45.6 Å². The number of nitrogen functional groups attached to an aromatic ring is 1. The van der Waals surface area contributed by atoms with E-state index < -0.39 is 34.9 Å². The maximum atomic E-state index is 13.9. The molecule has 4 heterocycles. The largest absolute Gasteiger partial charge is 0.497 e. The number of pyridine rings is 2. The molecular formula is C39H54F2N10O4. The lowest BCUT2D eigenvalue weighted by Crippen LogP contribution is -2.45. The van der Waals surface area contributed by atoms with Crippen molar-refractivity contribution in [1.29, 1.82) is 0 Å². The van der Waals surface area contributed by atoms with Crippen LogP contribution in [0.5, 0.6) is 11.5 Å². The fourth-order valence-corrected chi connectivity index (χ4v) is 5.81. The Morgan fingerprint density at radius 3 is 1.78 bits per heavy atom. The highest BCUT2D eigenvalue weighted by molar-refractivity contribution is 5.87. The van der Waals surface area contributed by atoms with Crippen LogP contribution in [-0.2, 0) is 6.54 Å². The van der Waals surface area contributed by atoms with Gasteiger partial charge in [-0.15, -0.1) is 0 Å². The molecule has 5 rings (SSSR count). The maximum Gasteiger partial charge on any atom is 0.225 e. The molecular weight excluding hydrogens is 710 g/mol. The van der Waals surface area contributed by atoms with Gasteiger partial charge >= 0.3 is 0 Å². The second-order valence-corrected chi connectivity index (χ2v) is 14.0. The fourth-order valence-electron chi connectivity index (χ4n) is 5.81. The zero-order valence-electron chi connectivity index (χ0n) is 32.9. The van der Waals surface area contributed by atoms with Gasteiger partial charge in [0.05, 0.1) is 60.9 Å². The van der Waals surface area contributed by atoms with Crippen LogP contribution in [0.1, 0.15) is 85.6 Å². The molecule has 0 bridgehead atoms. The van der Waals surface area contributed by atoms with Gasteiger partial charge in [-0.1, -0.05) is 39.5 Å². The Bertz CT molecular complexity index is 2030. The molecule has 0 radical (unpaired) electrons. The number of anilines is 4. The summed E-state index contributed by atoms with van der Waals surface area (Å²) < 4.78 is 37.9. The van der Waals surface area contributed by atoms with E-state index in [-0.39, 0.29) is 5.95 Å². The van der Waals surface area contributed by atoms with Crippen LogP contribution in [0.15, 0.2) is 42.7 Å². The summed E-state index contributed by atoms with van der Waals surface area (Å²) in [6.45, 7) is 11.9. The average Bonchev–Trinajstić information content (AvgIpc) is 3.15. The molecule has 0 spiro atoms. The van der Waals surface area contributed by atoms with Crippen LogP contribution >= 0.6 is 0 Å². The molecule has 0 saturated carbocycles. The molecule has 4 aromatic heterocycles. The predicted octanol–water partition coefficient (Wildman–Crippen LogP) is 7.02. The van der Waals surface area contributed by atoms with Gasteiger partial charge in [-0.3, -0.25) is 0 Å². The van der Waals surface area contributed by atoms with Crippen molar-refractivity contribution in [3.8, 4) is 11.5 Å². The van der Waals surface area contributed by atoms with E-state index in [1.165, 1.54) is 12.1 Å². The van der Waals surface area contributed by atoms with Crippen LogP contribution < -0.4 is 31.2 Å². The highest BCUT2D eigenvalue weighted by Crippen LogP contribution is 2.31. The molecule has 2 unspecified atom stereocenters. The topological polar surface area (TPSA) is 198 Å². The number of ether oxygens (including phenoxy) is 2. The maximum absolute atomic E-state index is 13.9. The van der Waals surface area contributed by atoms with E-state index in [9.17, 15) is 19.0 Å². The van der Waals surface area contributed by atoms with Gasteiger partial charge in [0.25, 0.3) is 0 Å². The van der Waals surface area contributed by atoms with Crippen molar-refractivity contribution < 1.29 is 28.5 Å². The number of aliphatic hydroxyl groups is 2. The van der Waals surface area contributed by atoms with Gasteiger partial charge in [0.15, 0.2) is 11.6 Å². The minimum absolute atomic E-state index is 0.0332. The van der Waals surface area contributed by atoms with Crippen molar-refractivity contribution in [2.24, 2.45) is 0 Å². The predicted molar refractivity (Wildman–Crippen MR) is 212 cm³/mol. The molecule has 16 heteroatoms.